The van der Waals surface area contributed by atoms with Gasteiger partial charge in [0.2, 0.25) is 0 Å². The highest BCUT2D eigenvalue weighted by atomic mass is 19.1. The first-order chi connectivity index (χ1) is 10.5. The maximum Gasteiger partial charge on any atom is 0.130 e. The molecule has 0 bridgehead atoms. The van der Waals surface area contributed by atoms with E-state index in [1.807, 2.05) is 0 Å². The minimum absolute atomic E-state index is 0.119. The standard InChI is InChI=1S/C20H27FO/c1-3-20(22)11-9-18-17-6-4-13-12-14(21)5-7-15(13)16(17)8-10-19(18,20)2/h1,4,14-18,22H,5-12H2,2H3/t14-,15-,16?,17?,18?,19-,20-/m0/s1. The Morgan fingerprint density at radius 3 is 2.82 bits per heavy atom. The molecule has 0 aliphatic heterocycles. The van der Waals surface area contributed by atoms with E-state index < -0.39 is 11.8 Å². The van der Waals surface area contributed by atoms with E-state index in [1.54, 1.807) is 0 Å². The van der Waals surface area contributed by atoms with Gasteiger partial charge >= 0.3 is 0 Å². The Balaban J connectivity index is 1.64. The van der Waals surface area contributed by atoms with Crippen LogP contribution in [0.4, 0.5) is 4.39 Å². The van der Waals surface area contributed by atoms with Gasteiger partial charge in [0.05, 0.1) is 0 Å². The molecular formula is C20H27FO. The van der Waals surface area contributed by atoms with Crippen LogP contribution < -0.4 is 0 Å². The molecule has 4 aliphatic rings. The molecule has 0 aromatic carbocycles. The molecule has 2 heteroatoms. The van der Waals surface area contributed by atoms with Crippen molar-refractivity contribution in [3.05, 3.63) is 11.6 Å². The fraction of sp³-hybridized carbons (Fsp3) is 0.800. The predicted molar refractivity (Wildman–Crippen MR) is 85.8 cm³/mol. The molecule has 1 nitrogen and oxygen atoms in total. The van der Waals surface area contributed by atoms with Crippen LogP contribution in [0.1, 0.15) is 58.3 Å². The maximum absolute atomic E-state index is 13.7. The topological polar surface area (TPSA) is 20.2 Å². The molecule has 1 N–H and O–H groups in total. The Labute approximate surface area is 133 Å². The molecule has 120 valence electrons. The van der Waals surface area contributed by atoms with Crippen molar-refractivity contribution in [2.45, 2.75) is 70.1 Å². The largest absolute Gasteiger partial charge is 0.377 e. The normalized spacial score (nSPS) is 53.7. The number of alkyl halides is 1. The number of hydrogen-bond donors (Lipinski definition) is 1. The van der Waals surface area contributed by atoms with E-state index in [2.05, 4.69) is 18.9 Å². The fourth-order valence-electron chi connectivity index (χ4n) is 6.47. The Hall–Kier alpha value is -0.810. The Morgan fingerprint density at radius 1 is 1.23 bits per heavy atom. The lowest BCUT2D eigenvalue weighted by molar-refractivity contribution is -0.0820. The number of aliphatic hydroxyl groups is 1. The quantitative estimate of drug-likeness (QED) is 0.523. The zero-order chi connectivity index (χ0) is 15.5. The van der Waals surface area contributed by atoms with Gasteiger partial charge in [-0.1, -0.05) is 24.5 Å². The van der Waals surface area contributed by atoms with Crippen LogP contribution in [-0.2, 0) is 0 Å². The zero-order valence-corrected chi connectivity index (χ0v) is 13.5. The van der Waals surface area contributed by atoms with Crippen LogP contribution in [0.2, 0.25) is 0 Å². The molecular weight excluding hydrogens is 275 g/mol. The fourth-order valence-corrected chi connectivity index (χ4v) is 6.47. The van der Waals surface area contributed by atoms with Crippen LogP contribution in [0.25, 0.3) is 0 Å². The van der Waals surface area contributed by atoms with E-state index in [-0.39, 0.29) is 5.41 Å². The first kappa shape index (κ1) is 14.8. The zero-order valence-electron chi connectivity index (χ0n) is 13.5. The molecule has 4 aliphatic carbocycles. The number of hydrogen-bond acceptors (Lipinski definition) is 1. The van der Waals surface area contributed by atoms with Gasteiger partial charge in [0.15, 0.2) is 0 Å². The molecule has 0 saturated heterocycles. The molecule has 0 aromatic rings. The first-order valence-electron chi connectivity index (χ1n) is 9.01. The molecule has 3 fully saturated rings. The van der Waals surface area contributed by atoms with Crippen LogP contribution in [0.15, 0.2) is 11.6 Å². The highest BCUT2D eigenvalue weighted by molar-refractivity contribution is 5.26. The van der Waals surface area contributed by atoms with Gasteiger partial charge in [-0.05, 0) is 75.0 Å². The molecule has 0 radical (unpaired) electrons. The molecule has 0 spiro atoms. The average Bonchev–Trinajstić information content (AvgIpc) is 2.79. The van der Waals surface area contributed by atoms with Crippen molar-refractivity contribution in [3.63, 3.8) is 0 Å². The summed E-state index contributed by atoms with van der Waals surface area (Å²) in [6, 6.07) is 0. The van der Waals surface area contributed by atoms with E-state index >= 15 is 0 Å². The Kier molecular flexibility index (Phi) is 3.25. The molecule has 3 saturated carbocycles. The van der Waals surface area contributed by atoms with Crippen LogP contribution >= 0.6 is 0 Å². The lowest BCUT2D eigenvalue weighted by atomic mass is 9.51. The molecule has 22 heavy (non-hydrogen) atoms. The van der Waals surface area contributed by atoms with Crippen molar-refractivity contribution in [3.8, 4) is 12.3 Å². The molecule has 7 atom stereocenters. The summed E-state index contributed by atoms with van der Waals surface area (Å²) in [5, 5.41) is 10.9. The molecule has 4 rings (SSSR count). The minimum atomic E-state index is -0.913. The summed E-state index contributed by atoms with van der Waals surface area (Å²) < 4.78 is 13.7. The van der Waals surface area contributed by atoms with Crippen molar-refractivity contribution < 1.29 is 9.50 Å². The lowest BCUT2D eigenvalue weighted by Crippen LogP contribution is -2.51. The first-order valence-corrected chi connectivity index (χ1v) is 9.01. The summed E-state index contributed by atoms with van der Waals surface area (Å²) in [5.74, 6) is 5.21. The third-order valence-electron chi connectivity index (χ3n) is 7.78. The van der Waals surface area contributed by atoms with Gasteiger partial charge in [-0.15, -0.1) is 6.42 Å². The summed E-state index contributed by atoms with van der Waals surface area (Å²) in [4.78, 5) is 0. The lowest BCUT2D eigenvalue weighted by Gasteiger charge is -2.54. The smallest absolute Gasteiger partial charge is 0.130 e. The van der Waals surface area contributed by atoms with E-state index in [4.69, 9.17) is 6.42 Å². The van der Waals surface area contributed by atoms with E-state index in [0.29, 0.717) is 30.1 Å². The maximum atomic E-state index is 13.7. The van der Waals surface area contributed by atoms with Crippen LogP contribution in [-0.4, -0.2) is 16.9 Å². The van der Waals surface area contributed by atoms with E-state index in [1.165, 1.54) is 5.57 Å². The molecule has 3 unspecified atom stereocenters. The van der Waals surface area contributed by atoms with Crippen LogP contribution in [0, 0.1) is 41.4 Å². The van der Waals surface area contributed by atoms with Crippen molar-refractivity contribution in [2.24, 2.45) is 29.1 Å². The van der Waals surface area contributed by atoms with Gasteiger partial charge in [0, 0.05) is 5.41 Å². The van der Waals surface area contributed by atoms with Crippen molar-refractivity contribution in [1.29, 1.82) is 0 Å². The number of rotatable bonds is 0. The third kappa shape index (κ3) is 1.81. The summed E-state index contributed by atoms with van der Waals surface area (Å²) in [7, 11) is 0. The van der Waals surface area contributed by atoms with Gasteiger partial charge in [0.25, 0.3) is 0 Å². The number of terminal acetylenes is 1. The summed E-state index contributed by atoms with van der Waals surface area (Å²) in [6.45, 7) is 2.22. The van der Waals surface area contributed by atoms with Crippen LogP contribution in [0.3, 0.4) is 0 Å². The predicted octanol–water partition coefficient (Wildman–Crippen LogP) is 4.26. The molecule has 0 aromatic heterocycles. The van der Waals surface area contributed by atoms with Gasteiger partial charge in [-0.3, -0.25) is 0 Å². The van der Waals surface area contributed by atoms with E-state index in [9.17, 15) is 9.50 Å². The number of fused-ring (bicyclic) bond motifs is 5. The molecule has 0 amide bonds. The summed E-state index contributed by atoms with van der Waals surface area (Å²) in [6.07, 6.45) is 14.9. The highest BCUT2D eigenvalue weighted by Gasteiger charge is 2.61. The Bertz CT molecular complexity index is 546. The monoisotopic (exact) mass is 302 g/mol. The number of allylic oxidation sites excluding steroid dienone is 2. The van der Waals surface area contributed by atoms with Gasteiger partial charge < -0.3 is 5.11 Å². The summed E-state index contributed by atoms with van der Waals surface area (Å²) >= 11 is 0. The van der Waals surface area contributed by atoms with Crippen LogP contribution in [0.5, 0.6) is 0 Å². The molecule has 0 heterocycles. The Morgan fingerprint density at radius 2 is 2.05 bits per heavy atom. The van der Waals surface area contributed by atoms with Gasteiger partial charge in [0.1, 0.15) is 11.8 Å². The third-order valence-corrected chi connectivity index (χ3v) is 7.78. The van der Waals surface area contributed by atoms with E-state index in [0.717, 1.165) is 44.9 Å². The van der Waals surface area contributed by atoms with Crippen molar-refractivity contribution in [1.82, 2.24) is 0 Å². The second-order valence-electron chi connectivity index (χ2n) is 8.43. The van der Waals surface area contributed by atoms with Crippen molar-refractivity contribution in [2.75, 3.05) is 0 Å². The van der Waals surface area contributed by atoms with Gasteiger partial charge in [-0.25, -0.2) is 4.39 Å². The SMILES string of the molecule is C#C[C@]1(O)CCC2C3CC=C4C[C@@H](F)CC[C@@H]4C3CC[C@@]21C. The highest BCUT2D eigenvalue weighted by Crippen LogP contribution is 2.64. The summed E-state index contributed by atoms with van der Waals surface area (Å²) in [5.41, 5.74) is 0.364. The minimum Gasteiger partial charge on any atom is -0.377 e. The van der Waals surface area contributed by atoms with Crippen molar-refractivity contribution >= 4 is 0 Å². The average molecular weight is 302 g/mol. The second kappa shape index (κ2) is 4.84. The second-order valence-corrected chi connectivity index (χ2v) is 8.43. The van der Waals surface area contributed by atoms with Gasteiger partial charge in [-0.2, -0.15) is 0 Å². The number of halogens is 1.